The minimum Gasteiger partial charge on any atom is -0.267 e. The quantitative estimate of drug-likeness (QED) is 0.305. The summed E-state index contributed by atoms with van der Waals surface area (Å²) < 4.78 is 6.21. The highest BCUT2D eigenvalue weighted by Gasteiger charge is 2.28. The Morgan fingerprint density at radius 3 is 1.82 bits per heavy atom. The summed E-state index contributed by atoms with van der Waals surface area (Å²) in [5, 5.41) is 5.71. The van der Waals surface area contributed by atoms with Crippen molar-refractivity contribution in [1.29, 1.82) is 0 Å². The molecule has 1 aromatic carbocycles. The summed E-state index contributed by atoms with van der Waals surface area (Å²) >= 11 is 0. The van der Waals surface area contributed by atoms with E-state index >= 15 is 0 Å². The van der Waals surface area contributed by atoms with Crippen molar-refractivity contribution in [1.82, 2.24) is 24.0 Å². The molecule has 0 amide bonds. The average Bonchev–Trinajstić information content (AvgIpc) is 3.25. The normalized spacial score (nSPS) is 12.2. The van der Waals surface area contributed by atoms with Crippen LogP contribution < -0.4 is 5.56 Å². The molecule has 3 aromatic heterocycles. The van der Waals surface area contributed by atoms with Gasteiger partial charge >= 0.3 is 0 Å². The molecule has 0 aliphatic heterocycles. The molecule has 0 fully saturated rings. The first-order valence-electron chi connectivity index (χ1n) is 12.8. The van der Waals surface area contributed by atoms with Crippen molar-refractivity contribution in [2.75, 3.05) is 0 Å². The Labute approximate surface area is 202 Å². The fourth-order valence-corrected chi connectivity index (χ4v) is 5.85. The van der Waals surface area contributed by atoms with Crippen LogP contribution in [0.25, 0.3) is 27.8 Å². The van der Waals surface area contributed by atoms with Crippen molar-refractivity contribution in [3.05, 3.63) is 50.6 Å². The SMILES string of the molecule is CCC(CC)n1c(=O)c2c(C)nc3c(-c4c(C)cc(C)cc4C)c(C)nn3c2n1C(CC)CC. The van der Waals surface area contributed by atoms with E-state index in [-0.39, 0.29) is 17.6 Å². The maximum atomic E-state index is 13.9. The topological polar surface area (TPSA) is 57.1 Å². The average molecular weight is 462 g/mol. The lowest BCUT2D eigenvalue weighted by atomic mass is 9.94. The Morgan fingerprint density at radius 1 is 0.765 bits per heavy atom. The van der Waals surface area contributed by atoms with Crippen LogP contribution >= 0.6 is 0 Å². The van der Waals surface area contributed by atoms with Gasteiger partial charge in [-0.3, -0.25) is 9.48 Å². The van der Waals surface area contributed by atoms with E-state index in [0.717, 1.165) is 53.9 Å². The van der Waals surface area contributed by atoms with Gasteiger partial charge in [-0.1, -0.05) is 45.4 Å². The van der Waals surface area contributed by atoms with Crippen molar-refractivity contribution < 1.29 is 0 Å². The molecule has 0 N–H and O–H groups in total. The molecule has 0 aliphatic carbocycles. The molecular formula is C28H39N5O. The molecule has 0 bridgehead atoms. The zero-order valence-corrected chi connectivity index (χ0v) is 22.3. The molecular weight excluding hydrogens is 422 g/mol. The minimum absolute atomic E-state index is 0.0555. The summed E-state index contributed by atoms with van der Waals surface area (Å²) in [5.41, 5.74) is 9.45. The maximum absolute atomic E-state index is 13.9. The molecule has 6 nitrogen and oxygen atoms in total. The third kappa shape index (κ3) is 3.50. The Morgan fingerprint density at radius 2 is 1.29 bits per heavy atom. The third-order valence-corrected chi connectivity index (χ3v) is 7.47. The van der Waals surface area contributed by atoms with Crippen molar-refractivity contribution >= 4 is 16.7 Å². The van der Waals surface area contributed by atoms with Crippen LogP contribution in [-0.4, -0.2) is 24.0 Å². The first-order chi connectivity index (χ1) is 16.2. The van der Waals surface area contributed by atoms with Crippen LogP contribution in [0.15, 0.2) is 16.9 Å². The van der Waals surface area contributed by atoms with Gasteiger partial charge in [0.15, 0.2) is 11.3 Å². The second kappa shape index (κ2) is 9.05. The van der Waals surface area contributed by atoms with Gasteiger partial charge in [0.1, 0.15) is 5.39 Å². The molecule has 0 unspecified atom stereocenters. The van der Waals surface area contributed by atoms with Crippen LogP contribution in [0, 0.1) is 34.6 Å². The Balaban J connectivity index is 2.22. The van der Waals surface area contributed by atoms with Gasteiger partial charge in [-0.05, 0) is 77.0 Å². The van der Waals surface area contributed by atoms with Crippen LogP contribution in [0.1, 0.15) is 93.5 Å². The highest BCUT2D eigenvalue weighted by molar-refractivity contribution is 5.89. The van der Waals surface area contributed by atoms with Crippen LogP contribution in [0.4, 0.5) is 0 Å². The molecule has 0 saturated carbocycles. The molecule has 3 heterocycles. The number of hydrogen-bond acceptors (Lipinski definition) is 3. The Bertz CT molecular complexity index is 1400. The second-order valence-corrected chi connectivity index (χ2v) is 9.80. The van der Waals surface area contributed by atoms with E-state index in [0.29, 0.717) is 5.39 Å². The highest BCUT2D eigenvalue weighted by Crippen LogP contribution is 2.36. The summed E-state index contributed by atoms with van der Waals surface area (Å²) in [6.45, 7) is 19.2. The number of rotatable bonds is 7. The zero-order chi connectivity index (χ0) is 24.9. The second-order valence-electron chi connectivity index (χ2n) is 9.80. The van der Waals surface area contributed by atoms with Gasteiger partial charge in [-0.25, -0.2) is 9.67 Å². The number of aryl methyl sites for hydroxylation is 5. The van der Waals surface area contributed by atoms with Gasteiger partial charge in [0.05, 0.1) is 29.0 Å². The number of benzene rings is 1. The molecule has 34 heavy (non-hydrogen) atoms. The summed E-state index contributed by atoms with van der Waals surface area (Å²) in [5.74, 6) is 0. The molecule has 4 aromatic rings. The van der Waals surface area contributed by atoms with Gasteiger partial charge in [-0.15, -0.1) is 0 Å². The van der Waals surface area contributed by atoms with E-state index in [9.17, 15) is 4.79 Å². The van der Waals surface area contributed by atoms with E-state index < -0.39 is 0 Å². The third-order valence-electron chi connectivity index (χ3n) is 7.47. The fraction of sp³-hybridized carbons (Fsp3) is 0.536. The number of fused-ring (bicyclic) bond motifs is 3. The first kappa shape index (κ1) is 24.2. The van der Waals surface area contributed by atoms with Gasteiger partial charge in [0.2, 0.25) is 0 Å². The smallest absolute Gasteiger partial charge is 0.267 e. The predicted molar refractivity (Wildman–Crippen MR) is 141 cm³/mol. The maximum Gasteiger partial charge on any atom is 0.278 e. The molecule has 4 rings (SSSR count). The first-order valence-corrected chi connectivity index (χ1v) is 12.8. The van der Waals surface area contributed by atoms with Crippen LogP contribution in [0.2, 0.25) is 0 Å². The molecule has 0 saturated heterocycles. The largest absolute Gasteiger partial charge is 0.278 e. The molecule has 0 aliphatic rings. The monoisotopic (exact) mass is 461 g/mol. The van der Waals surface area contributed by atoms with Gasteiger partial charge in [-0.2, -0.15) is 9.61 Å². The van der Waals surface area contributed by atoms with Crippen molar-refractivity contribution in [2.45, 2.75) is 100 Å². The van der Waals surface area contributed by atoms with E-state index in [4.69, 9.17) is 10.1 Å². The van der Waals surface area contributed by atoms with Gasteiger partial charge in [0, 0.05) is 0 Å². The van der Waals surface area contributed by atoms with Crippen LogP contribution in [0.3, 0.4) is 0 Å². The summed E-state index contributed by atoms with van der Waals surface area (Å²) in [7, 11) is 0. The molecule has 0 atom stereocenters. The van der Waals surface area contributed by atoms with Crippen molar-refractivity contribution in [3.63, 3.8) is 0 Å². The van der Waals surface area contributed by atoms with E-state index in [1.54, 1.807) is 0 Å². The predicted octanol–water partition coefficient (Wildman–Crippen LogP) is 6.78. The van der Waals surface area contributed by atoms with Crippen LogP contribution in [-0.2, 0) is 0 Å². The van der Waals surface area contributed by atoms with Crippen molar-refractivity contribution in [2.24, 2.45) is 0 Å². The lowest BCUT2D eigenvalue weighted by Gasteiger charge is -2.25. The summed E-state index contributed by atoms with van der Waals surface area (Å²) in [4.78, 5) is 18.9. The summed E-state index contributed by atoms with van der Waals surface area (Å²) in [6.07, 6.45) is 3.72. The standard InChI is InChI=1S/C28H39N5O/c1-10-21(11-2)32-27-25(28(34)33(32)22(12-3)13-4)19(8)29-26-24(20(9)30-31(26)27)23-17(6)14-16(5)15-18(23)7/h14-15,21-22H,10-13H2,1-9H3. The highest BCUT2D eigenvalue weighted by atomic mass is 16.1. The van der Waals surface area contributed by atoms with E-state index in [1.165, 1.54) is 22.3 Å². The molecule has 6 heteroatoms. The minimum atomic E-state index is 0.0555. The lowest BCUT2D eigenvalue weighted by molar-refractivity contribution is 0.296. The number of aromatic nitrogens is 5. The van der Waals surface area contributed by atoms with E-state index in [1.807, 2.05) is 16.1 Å². The van der Waals surface area contributed by atoms with Gasteiger partial charge in [0.25, 0.3) is 5.56 Å². The van der Waals surface area contributed by atoms with E-state index in [2.05, 4.69) is 72.2 Å². The molecule has 0 spiro atoms. The summed E-state index contributed by atoms with van der Waals surface area (Å²) in [6, 6.07) is 4.81. The zero-order valence-electron chi connectivity index (χ0n) is 22.3. The fourth-order valence-electron chi connectivity index (χ4n) is 5.85. The van der Waals surface area contributed by atoms with Crippen molar-refractivity contribution in [3.8, 4) is 11.1 Å². The molecule has 182 valence electrons. The molecule has 0 radical (unpaired) electrons. The van der Waals surface area contributed by atoms with Crippen LogP contribution in [0.5, 0.6) is 0 Å². The number of nitrogens with zero attached hydrogens (tertiary/aromatic N) is 5. The Kier molecular flexibility index (Phi) is 6.45. The lowest BCUT2D eigenvalue weighted by Crippen LogP contribution is -2.29. The Hall–Kier alpha value is -2.89. The van der Waals surface area contributed by atoms with Gasteiger partial charge < -0.3 is 0 Å². The number of hydrogen-bond donors (Lipinski definition) is 0.